The summed E-state index contributed by atoms with van der Waals surface area (Å²) in [5, 5.41) is 4.35. The lowest BCUT2D eigenvalue weighted by molar-refractivity contribution is 0.204. The summed E-state index contributed by atoms with van der Waals surface area (Å²) < 4.78 is 1.84. The predicted octanol–water partition coefficient (Wildman–Crippen LogP) is 2.04. The lowest BCUT2D eigenvalue weighted by Crippen LogP contribution is -2.36. The van der Waals surface area contributed by atoms with Crippen molar-refractivity contribution >= 4 is 5.65 Å². The lowest BCUT2D eigenvalue weighted by Gasteiger charge is -2.26. The van der Waals surface area contributed by atoms with Gasteiger partial charge >= 0.3 is 0 Å². The largest absolute Gasteiger partial charge is 0.302 e. The summed E-state index contributed by atoms with van der Waals surface area (Å²) in [6.45, 7) is 3.12. The maximum absolute atomic E-state index is 4.42. The van der Waals surface area contributed by atoms with Crippen molar-refractivity contribution in [3.63, 3.8) is 0 Å². The Hall–Kier alpha value is -1.46. The highest BCUT2D eigenvalue weighted by Crippen LogP contribution is 2.22. The highest BCUT2D eigenvalue weighted by atomic mass is 15.2. The van der Waals surface area contributed by atoms with Crippen LogP contribution in [0.3, 0.4) is 0 Å². The molecule has 0 unspecified atom stereocenters. The first-order valence-corrected chi connectivity index (χ1v) is 7.90. The summed E-state index contributed by atoms with van der Waals surface area (Å²) in [4.78, 5) is 9.30. The van der Waals surface area contributed by atoms with E-state index >= 15 is 0 Å². The van der Waals surface area contributed by atoms with Crippen molar-refractivity contribution in [2.75, 3.05) is 27.2 Å². The van der Waals surface area contributed by atoms with Crippen LogP contribution in [0.25, 0.3) is 5.65 Å². The van der Waals surface area contributed by atoms with Gasteiger partial charge in [0.05, 0.1) is 6.20 Å². The first-order valence-electron chi connectivity index (χ1n) is 7.90. The third-order valence-electron chi connectivity index (χ3n) is 4.58. The number of fused-ring (bicyclic) bond motifs is 1. The summed E-state index contributed by atoms with van der Waals surface area (Å²) in [6, 6.07) is 2.71. The van der Waals surface area contributed by atoms with Gasteiger partial charge in [0.2, 0.25) is 0 Å². The molecule has 2 aromatic heterocycles. The number of hydrogen-bond donors (Lipinski definition) is 0. The van der Waals surface area contributed by atoms with Crippen molar-refractivity contribution in [3.05, 3.63) is 30.2 Å². The molecule has 0 spiro atoms. The van der Waals surface area contributed by atoms with Crippen LogP contribution in [-0.4, -0.2) is 57.6 Å². The van der Waals surface area contributed by atoms with Gasteiger partial charge in [-0.25, -0.2) is 9.50 Å². The molecule has 0 N–H and O–H groups in total. The molecule has 0 aromatic carbocycles. The summed E-state index contributed by atoms with van der Waals surface area (Å²) in [5.41, 5.74) is 2.16. The minimum atomic E-state index is 0.803. The Balaban J connectivity index is 1.53. The Morgan fingerprint density at radius 1 is 1.24 bits per heavy atom. The molecule has 0 aliphatic heterocycles. The van der Waals surface area contributed by atoms with E-state index in [1.165, 1.54) is 31.2 Å². The molecular weight excluding hydrogens is 262 g/mol. The van der Waals surface area contributed by atoms with Crippen LogP contribution in [0.1, 0.15) is 31.2 Å². The van der Waals surface area contributed by atoms with E-state index < -0.39 is 0 Å². The molecular formula is C16H25N5. The van der Waals surface area contributed by atoms with Gasteiger partial charge in [0.1, 0.15) is 0 Å². The highest BCUT2D eigenvalue weighted by Gasteiger charge is 2.19. The molecule has 0 atom stereocenters. The van der Waals surface area contributed by atoms with Crippen LogP contribution in [-0.2, 0) is 6.54 Å². The molecule has 2 aromatic rings. The van der Waals surface area contributed by atoms with Gasteiger partial charge in [-0.3, -0.25) is 0 Å². The van der Waals surface area contributed by atoms with Gasteiger partial charge in [0, 0.05) is 43.6 Å². The minimum Gasteiger partial charge on any atom is -0.302 e. The highest BCUT2D eigenvalue weighted by molar-refractivity contribution is 5.45. The molecule has 0 radical (unpaired) electrons. The van der Waals surface area contributed by atoms with E-state index in [1.807, 2.05) is 29.2 Å². The quantitative estimate of drug-likeness (QED) is 0.814. The van der Waals surface area contributed by atoms with Crippen LogP contribution in [0.2, 0.25) is 0 Å². The SMILES string of the molecule is CN(CCN(C)C1CCCC1)Cc1cnn2cccnc12. The Morgan fingerprint density at radius 3 is 2.86 bits per heavy atom. The number of rotatable bonds is 6. The normalized spacial score (nSPS) is 16.6. The van der Waals surface area contributed by atoms with E-state index in [-0.39, 0.29) is 0 Å². The Morgan fingerprint density at radius 2 is 2.05 bits per heavy atom. The van der Waals surface area contributed by atoms with Gasteiger partial charge in [-0.2, -0.15) is 5.10 Å². The zero-order chi connectivity index (χ0) is 14.7. The monoisotopic (exact) mass is 287 g/mol. The maximum Gasteiger partial charge on any atom is 0.159 e. The van der Waals surface area contributed by atoms with E-state index in [4.69, 9.17) is 0 Å². The van der Waals surface area contributed by atoms with Crippen molar-refractivity contribution in [3.8, 4) is 0 Å². The number of nitrogens with zero attached hydrogens (tertiary/aromatic N) is 5. The minimum absolute atomic E-state index is 0.803. The van der Waals surface area contributed by atoms with Gasteiger partial charge < -0.3 is 9.80 Å². The molecule has 3 rings (SSSR count). The van der Waals surface area contributed by atoms with E-state index in [2.05, 4.69) is 34.0 Å². The van der Waals surface area contributed by atoms with E-state index in [1.54, 1.807) is 0 Å². The summed E-state index contributed by atoms with van der Waals surface area (Å²) in [6.07, 6.45) is 11.3. The summed E-state index contributed by atoms with van der Waals surface area (Å²) >= 11 is 0. The lowest BCUT2D eigenvalue weighted by atomic mass is 10.2. The molecule has 1 fully saturated rings. The number of hydrogen-bond acceptors (Lipinski definition) is 4. The fourth-order valence-electron chi connectivity index (χ4n) is 3.21. The van der Waals surface area contributed by atoms with Crippen LogP contribution in [0.4, 0.5) is 0 Å². The molecule has 5 heteroatoms. The van der Waals surface area contributed by atoms with Crippen molar-refractivity contribution in [1.82, 2.24) is 24.4 Å². The molecule has 1 aliphatic rings. The maximum atomic E-state index is 4.42. The number of aromatic nitrogens is 3. The average Bonchev–Trinajstić information content (AvgIpc) is 3.15. The molecule has 0 amide bonds. The van der Waals surface area contributed by atoms with Crippen molar-refractivity contribution in [2.45, 2.75) is 38.3 Å². The Bertz CT molecular complexity index is 573. The zero-order valence-corrected chi connectivity index (χ0v) is 13.1. The smallest absolute Gasteiger partial charge is 0.159 e. The average molecular weight is 287 g/mol. The second-order valence-corrected chi connectivity index (χ2v) is 6.21. The fraction of sp³-hybridized carbons (Fsp3) is 0.625. The van der Waals surface area contributed by atoms with Crippen LogP contribution in [0, 0.1) is 0 Å². The Labute approximate surface area is 126 Å². The van der Waals surface area contributed by atoms with Crippen molar-refractivity contribution in [1.29, 1.82) is 0 Å². The van der Waals surface area contributed by atoms with Gasteiger partial charge in [0.15, 0.2) is 5.65 Å². The standard InChI is InChI=1S/C16H25N5/c1-19(10-11-20(2)15-6-3-4-7-15)13-14-12-18-21-9-5-8-17-16(14)21/h5,8-9,12,15H,3-4,6-7,10-11,13H2,1-2H3. The van der Waals surface area contributed by atoms with Crippen LogP contribution in [0.5, 0.6) is 0 Å². The first kappa shape index (κ1) is 14.5. The third-order valence-corrected chi connectivity index (χ3v) is 4.58. The van der Waals surface area contributed by atoms with Crippen LogP contribution >= 0.6 is 0 Å². The van der Waals surface area contributed by atoms with Crippen LogP contribution in [0.15, 0.2) is 24.7 Å². The first-order chi connectivity index (χ1) is 10.2. The molecule has 21 heavy (non-hydrogen) atoms. The molecule has 0 saturated heterocycles. The predicted molar refractivity (Wildman–Crippen MR) is 84.2 cm³/mol. The topological polar surface area (TPSA) is 36.7 Å². The van der Waals surface area contributed by atoms with E-state index in [0.29, 0.717) is 0 Å². The van der Waals surface area contributed by atoms with Gasteiger partial charge in [-0.1, -0.05) is 12.8 Å². The van der Waals surface area contributed by atoms with Crippen LogP contribution < -0.4 is 0 Å². The van der Waals surface area contributed by atoms with Crippen molar-refractivity contribution in [2.24, 2.45) is 0 Å². The second kappa shape index (κ2) is 6.54. The molecule has 0 bridgehead atoms. The molecule has 2 heterocycles. The molecule has 1 saturated carbocycles. The van der Waals surface area contributed by atoms with E-state index in [9.17, 15) is 0 Å². The molecule has 5 nitrogen and oxygen atoms in total. The number of likely N-dealkylation sites (N-methyl/N-ethyl adjacent to an activating group) is 2. The second-order valence-electron chi connectivity index (χ2n) is 6.21. The van der Waals surface area contributed by atoms with E-state index in [0.717, 1.165) is 31.3 Å². The third kappa shape index (κ3) is 3.41. The van der Waals surface area contributed by atoms with Crippen molar-refractivity contribution < 1.29 is 0 Å². The van der Waals surface area contributed by atoms with Gasteiger partial charge in [-0.15, -0.1) is 0 Å². The summed E-state index contributed by atoms with van der Waals surface area (Å²) in [5.74, 6) is 0. The molecule has 114 valence electrons. The molecule has 1 aliphatic carbocycles. The van der Waals surface area contributed by atoms with Gasteiger partial charge in [-0.05, 0) is 33.0 Å². The van der Waals surface area contributed by atoms with Gasteiger partial charge in [0.25, 0.3) is 0 Å². The fourth-order valence-corrected chi connectivity index (χ4v) is 3.21. The Kier molecular flexibility index (Phi) is 4.51. The zero-order valence-electron chi connectivity index (χ0n) is 13.1. The summed E-state index contributed by atoms with van der Waals surface area (Å²) in [7, 11) is 4.44.